The molecule has 0 unspecified atom stereocenters. The molecule has 5 heteroatoms. The third-order valence-corrected chi connectivity index (χ3v) is 5.73. The Kier molecular flexibility index (Phi) is 5.38. The largest absolute Gasteiger partial charge is 0.350 e. The molecule has 1 N–H and O–H groups in total. The van der Waals surface area contributed by atoms with Crippen LogP contribution in [-0.2, 0) is 4.79 Å². The highest BCUT2D eigenvalue weighted by Gasteiger charge is 2.19. The van der Waals surface area contributed by atoms with Gasteiger partial charge in [0.1, 0.15) is 0 Å². The molecule has 2 rings (SSSR count). The van der Waals surface area contributed by atoms with Gasteiger partial charge in [0.15, 0.2) is 0 Å². The van der Waals surface area contributed by atoms with E-state index in [4.69, 9.17) is 0 Å². The van der Waals surface area contributed by atoms with Crippen molar-refractivity contribution in [1.82, 2.24) is 10.3 Å². The van der Waals surface area contributed by atoms with Crippen molar-refractivity contribution in [3.63, 3.8) is 0 Å². The molecule has 1 fully saturated rings. The minimum Gasteiger partial charge on any atom is -0.350 e. The number of hydrogen-bond acceptors (Lipinski definition) is 4. The van der Waals surface area contributed by atoms with Crippen molar-refractivity contribution in [2.24, 2.45) is 0 Å². The summed E-state index contributed by atoms with van der Waals surface area (Å²) in [5.74, 6) is 3.64. The Morgan fingerprint density at radius 2 is 2.28 bits per heavy atom. The van der Waals surface area contributed by atoms with E-state index in [0.29, 0.717) is 11.7 Å². The molecule has 3 nitrogen and oxygen atoms in total. The molecule has 1 saturated heterocycles. The number of hydrogen-bond donors (Lipinski definition) is 1. The molecule has 0 saturated carbocycles. The quantitative estimate of drug-likeness (QED) is 0.921. The zero-order valence-electron chi connectivity index (χ0n) is 10.5. The molecule has 1 amide bonds. The lowest BCUT2D eigenvalue weighted by Gasteiger charge is -2.21. The molecule has 1 aromatic heterocycles. The lowest BCUT2D eigenvalue weighted by molar-refractivity contribution is -0.121. The maximum atomic E-state index is 11.9. The third kappa shape index (κ3) is 4.21. The van der Waals surface area contributed by atoms with Crippen molar-refractivity contribution in [3.8, 4) is 0 Å². The average molecular weight is 282 g/mol. The van der Waals surface area contributed by atoms with Crippen LogP contribution in [0.5, 0.6) is 0 Å². The van der Waals surface area contributed by atoms with E-state index in [1.165, 1.54) is 11.5 Å². The van der Waals surface area contributed by atoms with Crippen molar-refractivity contribution >= 4 is 29.4 Å². The second-order valence-corrected chi connectivity index (χ2v) is 6.90. The van der Waals surface area contributed by atoms with Crippen LogP contribution in [-0.4, -0.2) is 33.4 Å². The number of amides is 1. The molecule has 0 aromatic carbocycles. The summed E-state index contributed by atoms with van der Waals surface area (Å²) in [6.45, 7) is 2.01. The van der Waals surface area contributed by atoms with Gasteiger partial charge < -0.3 is 5.32 Å². The molecule has 0 aliphatic carbocycles. The molecular weight excluding hydrogens is 264 g/mol. The summed E-state index contributed by atoms with van der Waals surface area (Å²) < 4.78 is 0. The summed E-state index contributed by atoms with van der Waals surface area (Å²) in [5, 5.41) is 3.53. The van der Waals surface area contributed by atoms with E-state index < -0.39 is 0 Å². The lowest BCUT2D eigenvalue weighted by Crippen LogP contribution is -2.30. The van der Waals surface area contributed by atoms with Crippen LogP contribution in [0.1, 0.15) is 24.9 Å². The Bertz CT molecular complexity index is 380. The Morgan fingerprint density at radius 3 is 2.94 bits per heavy atom. The molecular formula is C13H18N2OS2. The van der Waals surface area contributed by atoms with Crippen LogP contribution in [0.4, 0.5) is 0 Å². The Hall–Kier alpha value is -0.680. The number of rotatable bonds is 4. The molecule has 0 spiro atoms. The number of carbonyl (C=O) groups is 1. The maximum Gasteiger partial charge on any atom is 0.221 e. The fraction of sp³-hybridized carbons (Fsp3) is 0.538. The van der Waals surface area contributed by atoms with Crippen molar-refractivity contribution in [3.05, 3.63) is 30.1 Å². The Labute approximate surface area is 117 Å². The molecule has 2 heterocycles. The van der Waals surface area contributed by atoms with Gasteiger partial charge >= 0.3 is 0 Å². The molecule has 1 aromatic rings. The first kappa shape index (κ1) is 13.7. The van der Waals surface area contributed by atoms with E-state index in [-0.39, 0.29) is 11.9 Å². The van der Waals surface area contributed by atoms with E-state index in [1.54, 1.807) is 12.4 Å². The summed E-state index contributed by atoms with van der Waals surface area (Å²) in [6, 6.07) is 3.94. The predicted molar refractivity (Wildman–Crippen MR) is 79.0 cm³/mol. The number of pyridine rings is 1. The SMILES string of the molecule is C[C@H](NC(=O)C[C@H]1CSCCS1)c1ccncc1. The summed E-state index contributed by atoms with van der Waals surface area (Å²) in [6.07, 6.45) is 4.14. The van der Waals surface area contributed by atoms with E-state index in [9.17, 15) is 4.79 Å². The molecule has 0 radical (unpaired) electrons. The minimum atomic E-state index is 0.0572. The average Bonchev–Trinajstić information content (AvgIpc) is 2.40. The topological polar surface area (TPSA) is 42.0 Å². The van der Waals surface area contributed by atoms with Gasteiger partial charge in [-0.2, -0.15) is 23.5 Å². The summed E-state index contributed by atoms with van der Waals surface area (Å²) in [4.78, 5) is 15.9. The van der Waals surface area contributed by atoms with Gasteiger partial charge in [-0.25, -0.2) is 0 Å². The van der Waals surface area contributed by atoms with E-state index in [1.807, 2.05) is 42.6 Å². The molecule has 2 atom stereocenters. The van der Waals surface area contributed by atoms with Crippen LogP contribution in [0.25, 0.3) is 0 Å². The lowest BCUT2D eigenvalue weighted by atomic mass is 10.1. The maximum absolute atomic E-state index is 11.9. The molecule has 18 heavy (non-hydrogen) atoms. The van der Waals surface area contributed by atoms with Gasteiger partial charge in [-0.3, -0.25) is 9.78 Å². The fourth-order valence-electron chi connectivity index (χ4n) is 1.90. The Balaban J connectivity index is 1.80. The molecule has 1 aliphatic heterocycles. The highest BCUT2D eigenvalue weighted by Crippen LogP contribution is 2.26. The number of carbonyl (C=O) groups excluding carboxylic acids is 1. The number of nitrogens with zero attached hydrogens (tertiary/aromatic N) is 1. The van der Waals surface area contributed by atoms with Crippen LogP contribution in [0.3, 0.4) is 0 Å². The first-order valence-corrected chi connectivity index (χ1v) is 8.34. The summed E-state index contributed by atoms with van der Waals surface area (Å²) in [7, 11) is 0. The van der Waals surface area contributed by atoms with Crippen LogP contribution in [0.15, 0.2) is 24.5 Å². The van der Waals surface area contributed by atoms with Crippen LogP contribution < -0.4 is 5.32 Å². The van der Waals surface area contributed by atoms with Gasteiger partial charge in [-0.05, 0) is 24.6 Å². The highest BCUT2D eigenvalue weighted by atomic mass is 32.2. The van der Waals surface area contributed by atoms with E-state index in [0.717, 1.165) is 11.3 Å². The smallest absolute Gasteiger partial charge is 0.221 e. The zero-order valence-corrected chi connectivity index (χ0v) is 12.1. The van der Waals surface area contributed by atoms with E-state index >= 15 is 0 Å². The number of aromatic nitrogens is 1. The second kappa shape index (κ2) is 7.04. The Morgan fingerprint density at radius 1 is 1.50 bits per heavy atom. The first-order valence-electron chi connectivity index (χ1n) is 6.14. The highest BCUT2D eigenvalue weighted by molar-refractivity contribution is 8.06. The van der Waals surface area contributed by atoms with Crippen LogP contribution in [0.2, 0.25) is 0 Å². The summed E-state index contributed by atoms with van der Waals surface area (Å²) in [5.41, 5.74) is 1.10. The van der Waals surface area contributed by atoms with Gasteiger partial charge in [0.2, 0.25) is 5.91 Å². The second-order valence-electron chi connectivity index (χ2n) is 4.34. The minimum absolute atomic E-state index is 0.0572. The van der Waals surface area contributed by atoms with Crippen molar-refractivity contribution < 1.29 is 4.79 Å². The van der Waals surface area contributed by atoms with Crippen molar-refractivity contribution in [1.29, 1.82) is 0 Å². The van der Waals surface area contributed by atoms with Gasteiger partial charge in [0, 0.05) is 41.3 Å². The standard InChI is InChI=1S/C13H18N2OS2/c1-10(11-2-4-14-5-3-11)15-13(16)8-12-9-17-6-7-18-12/h2-5,10,12H,6-9H2,1H3,(H,15,16)/t10-,12-/m0/s1. The fourth-order valence-corrected chi connectivity index (χ4v) is 4.58. The van der Waals surface area contributed by atoms with Gasteiger partial charge in [0.25, 0.3) is 0 Å². The van der Waals surface area contributed by atoms with E-state index in [2.05, 4.69) is 10.3 Å². The monoisotopic (exact) mass is 282 g/mol. The van der Waals surface area contributed by atoms with Crippen LogP contribution >= 0.6 is 23.5 Å². The number of thioether (sulfide) groups is 2. The first-order chi connectivity index (χ1) is 8.75. The predicted octanol–water partition coefficient (Wildman–Crippen LogP) is 2.50. The normalized spacial score (nSPS) is 21.3. The molecule has 1 aliphatic rings. The van der Waals surface area contributed by atoms with Gasteiger partial charge in [0.05, 0.1) is 6.04 Å². The van der Waals surface area contributed by atoms with Crippen LogP contribution in [0, 0.1) is 0 Å². The molecule has 0 bridgehead atoms. The summed E-state index contributed by atoms with van der Waals surface area (Å²) >= 11 is 3.87. The van der Waals surface area contributed by atoms with Gasteiger partial charge in [-0.15, -0.1) is 0 Å². The molecule has 98 valence electrons. The number of nitrogens with one attached hydrogen (secondary N) is 1. The van der Waals surface area contributed by atoms with Gasteiger partial charge in [-0.1, -0.05) is 0 Å². The third-order valence-electron chi connectivity index (χ3n) is 2.88. The van der Waals surface area contributed by atoms with Crippen molar-refractivity contribution in [2.45, 2.75) is 24.6 Å². The van der Waals surface area contributed by atoms with Crippen molar-refractivity contribution in [2.75, 3.05) is 17.3 Å². The zero-order chi connectivity index (χ0) is 12.8.